The van der Waals surface area contributed by atoms with Crippen LogP contribution in [0.15, 0.2) is 22.7 Å². The third kappa shape index (κ3) is 4.64. The number of nitrogens with one attached hydrogen (secondary N) is 1. The van der Waals surface area contributed by atoms with E-state index in [4.69, 9.17) is 11.6 Å². The van der Waals surface area contributed by atoms with Crippen molar-refractivity contribution in [2.75, 3.05) is 12.4 Å². The number of carbonyl (C=O) groups excluding carboxylic acids is 1. The van der Waals surface area contributed by atoms with Gasteiger partial charge in [-0.3, -0.25) is 4.79 Å². The van der Waals surface area contributed by atoms with Gasteiger partial charge < -0.3 is 5.32 Å². The number of benzene rings is 1. The summed E-state index contributed by atoms with van der Waals surface area (Å²) in [4.78, 5) is 11.7. The molecule has 0 saturated heterocycles. The van der Waals surface area contributed by atoms with Crippen LogP contribution < -0.4 is 5.32 Å². The molecule has 5 heteroatoms. The van der Waals surface area contributed by atoms with Crippen molar-refractivity contribution in [2.24, 2.45) is 5.92 Å². The summed E-state index contributed by atoms with van der Waals surface area (Å²) >= 11 is 8.74. The van der Waals surface area contributed by atoms with E-state index in [1.807, 2.05) is 6.92 Å². The zero-order valence-corrected chi connectivity index (χ0v) is 11.8. The average Bonchev–Trinajstić information content (AvgIpc) is 2.26. The first kappa shape index (κ1) is 14.5. The number of amides is 1. The Morgan fingerprint density at radius 2 is 2.29 bits per heavy atom. The predicted octanol–water partition coefficient (Wildman–Crippen LogP) is 3.58. The van der Waals surface area contributed by atoms with E-state index in [0.29, 0.717) is 16.9 Å². The molecule has 94 valence electrons. The van der Waals surface area contributed by atoms with Crippen molar-refractivity contribution in [1.29, 1.82) is 0 Å². The van der Waals surface area contributed by atoms with E-state index >= 15 is 0 Å². The molecule has 0 aliphatic heterocycles. The number of alkyl halides is 1. The predicted molar refractivity (Wildman–Crippen MR) is 70.9 cm³/mol. The number of rotatable bonds is 5. The lowest BCUT2D eigenvalue weighted by Crippen LogP contribution is -2.29. The summed E-state index contributed by atoms with van der Waals surface area (Å²) in [7, 11) is 0. The van der Waals surface area contributed by atoms with Crippen molar-refractivity contribution < 1.29 is 9.18 Å². The van der Waals surface area contributed by atoms with Crippen LogP contribution >= 0.6 is 27.5 Å². The van der Waals surface area contributed by atoms with Gasteiger partial charge in [-0.05, 0) is 30.5 Å². The molecule has 0 aromatic heterocycles. The van der Waals surface area contributed by atoms with E-state index < -0.39 is 11.7 Å². The molecule has 0 aliphatic carbocycles. The molecule has 0 saturated carbocycles. The monoisotopic (exact) mass is 321 g/mol. The van der Waals surface area contributed by atoms with Crippen molar-refractivity contribution in [3.05, 3.63) is 34.1 Å². The Bertz CT molecular complexity index is 400. The van der Waals surface area contributed by atoms with Gasteiger partial charge in [-0.1, -0.05) is 22.9 Å². The summed E-state index contributed by atoms with van der Waals surface area (Å²) in [5, 5.41) is 2.69. The van der Waals surface area contributed by atoms with Gasteiger partial charge in [0.1, 0.15) is 5.82 Å². The topological polar surface area (TPSA) is 29.1 Å². The third-order valence-corrected chi connectivity index (χ3v) is 3.10. The largest absolute Gasteiger partial charge is 0.352 e. The van der Waals surface area contributed by atoms with Crippen molar-refractivity contribution in [2.45, 2.75) is 13.3 Å². The summed E-state index contributed by atoms with van der Waals surface area (Å²) in [6, 6.07) is 4.37. The highest BCUT2D eigenvalue weighted by Crippen LogP contribution is 2.15. The summed E-state index contributed by atoms with van der Waals surface area (Å²) in [6.45, 7) is 2.49. The summed E-state index contributed by atoms with van der Waals surface area (Å²) in [5.41, 5.74) is 0.0614. The molecule has 1 N–H and O–H groups in total. The molecule has 1 rings (SSSR count). The maximum absolute atomic E-state index is 13.5. The first-order valence-electron chi connectivity index (χ1n) is 5.33. The Morgan fingerprint density at radius 3 is 2.88 bits per heavy atom. The van der Waals surface area contributed by atoms with Gasteiger partial charge in [-0.2, -0.15) is 0 Å². The van der Waals surface area contributed by atoms with Gasteiger partial charge in [0, 0.05) is 16.9 Å². The molecule has 0 radical (unpaired) electrons. The van der Waals surface area contributed by atoms with Gasteiger partial charge in [-0.25, -0.2) is 4.39 Å². The molecular formula is C12H14BrClFNO. The van der Waals surface area contributed by atoms with Crippen molar-refractivity contribution in [1.82, 2.24) is 5.32 Å². The minimum absolute atomic E-state index is 0.0614. The van der Waals surface area contributed by atoms with Crippen LogP contribution in [0.3, 0.4) is 0 Å². The van der Waals surface area contributed by atoms with Crippen LogP contribution in [-0.2, 0) is 0 Å². The van der Waals surface area contributed by atoms with Gasteiger partial charge >= 0.3 is 0 Å². The highest BCUT2D eigenvalue weighted by Gasteiger charge is 2.12. The standard InChI is InChI=1S/C12H14BrClFNO/c1-8(4-5-14)7-16-12(17)10-3-2-9(13)6-11(10)15/h2-3,6,8H,4-5,7H2,1H3,(H,16,17). The Hall–Kier alpha value is -0.610. The van der Waals surface area contributed by atoms with Crippen LogP contribution in [0.4, 0.5) is 4.39 Å². The quantitative estimate of drug-likeness (QED) is 0.825. The second kappa shape index (κ2) is 6.97. The maximum Gasteiger partial charge on any atom is 0.254 e. The lowest BCUT2D eigenvalue weighted by atomic mass is 10.1. The van der Waals surface area contributed by atoms with E-state index in [2.05, 4.69) is 21.2 Å². The molecule has 1 amide bonds. The Morgan fingerprint density at radius 1 is 1.59 bits per heavy atom. The maximum atomic E-state index is 13.5. The van der Waals surface area contributed by atoms with E-state index in [-0.39, 0.29) is 11.5 Å². The van der Waals surface area contributed by atoms with Gasteiger partial charge in [-0.15, -0.1) is 11.6 Å². The fourth-order valence-electron chi connectivity index (χ4n) is 1.32. The highest BCUT2D eigenvalue weighted by atomic mass is 79.9. The second-order valence-corrected chi connectivity index (χ2v) is 5.21. The van der Waals surface area contributed by atoms with Crippen molar-refractivity contribution in [3.63, 3.8) is 0 Å². The summed E-state index contributed by atoms with van der Waals surface area (Å²) < 4.78 is 14.1. The highest BCUT2D eigenvalue weighted by molar-refractivity contribution is 9.10. The number of hydrogen-bond donors (Lipinski definition) is 1. The van der Waals surface area contributed by atoms with E-state index in [9.17, 15) is 9.18 Å². The molecule has 2 nitrogen and oxygen atoms in total. The molecule has 1 aromatic rings. The number of carbonyl (C=O) groups is 1. The minimum atomic E-state index is -0.526. The van der Waals surface area contributed by atoms with Gasteiger partial charge in [0.2, 0.25) is 0 Å². The summed E-state index contributed by atoms with van der Waals surface area (Å²) in [6.07, 6.45) is 0.824. The van der Waals surface area contributed by atoms with Crippen molar-refractivity contribution in [3.8, 4) is 0 Å². The average molecular weight is 323 g/mol. The first-order chi connectivity index (χ1) is 8.04. The number of halogens is 3. The minimum Gasteiger partial charge on any atom is -0.352 e. The number of hydrogen-bond acceptors (Lipinski definition) is 1. The van der Waals surface area contributed by atoms with Gasteiger partial charge in [0.25, 0.3) is 5.91 Å². The molecule has 0 spiro atoms. The zero-order chi connectivity index (χ0) is 12.8. The van der Waals surface area contributed by atoms with Gasteiger partial charge in [0.05, 0.1) is 5.56 Å². The lowest BCUT2D eigenvalue weighted by molar-refractivity contribution is 0.0944. The zero-order valence-electron chi connectivity index (χ0n) is 9.47. The van der Waals surface area contributed by atoms with E-state index in [1.165, 1.54) is 12.1 Å². The first-order valence-corrected chi connectivity index (χ1v) is 6.66. The molecule has 1 atom stereocenters. The molecule has 17 heavy (non-hydrogen) atoms. The Balaban J connectivity index is 2.58. The molecular weight excluding hydrogens is 308 g/mol. The second-order valence-electron chi connectivity index (χ2n) is 3.92. The van der Waals surface area contributed by atoms with E-state index in [0.717, 1.165) is 6.42 Å². The lowest BCUT2D eigenvalue weighted by Gasteiger charge is -2.11. The van der Waals surface area contributed by atoms with Crippen molar-refractivity contribution >= 4 is 33.4 Å². The van der Waals surface area contributed by atoms with Crippen LogP contribution in [0.25, 0.3) is 0 Å². The molecule has 0 heterocycles. The van der Waals surface area contributed by atoms with E-state index in [1.54, 1.807) is 6.07 Å². The van der Waals surface area contributed by atoms with Crippen LogP contribution in [-0.4, -0.2) is 18.3 Å². The summed E-state index contributed by atoms with van der Waals surface area (Å²) in [5.74, 6) is -0.0720. The van der Waals surface area contributed by atoms with Crippen LogP contribution in [0.1, 0.15) is 23.7 Å². The Labute approximate surface area is 114 Å². The van der Waals surface area contributed by atoms with Crippen LogP contribution in [0.2, 0.25) is 0 Å². The molecule has 1 aromatic carbocycles. The molecule has 1 unspecified atom stereocenters. The fourth-order valence-corrected chi connectivity index (χ4v) is 2.03. The third-order valence-electron chi connectivity index (χ3n) is 2.39. The molecule has 0 fully saturated rings. The van der Waals surface area contributed by atoms with Gasteiger partial charge in [0.15, 0.2) is 0 Å². The fraction of sp³-hybridized carbons (Fsp3) is 0.417. The molecule has 0 bridgehead atoms. The SMILES string of the molecule is CC(CCCl)CNC(=O)c1ccc(Br)cc1F. The normalized spacial score (nSPS) is 12.2. The van der Waals surface area contributed by atoms with Crippen LogP contribution in [0, 0.1) is 11.7 Å². The smallest absolute Gasteiger partial charge is 0.254 e. The molecule has 0 aliphatic rings. The Kier molecular flexibility index (Phi) is 5.92. The van der Waals surface area contributed by atoms with Crippen LogP contribution in [0.5, 0.6) is 0 Å².